The Morgan fingerprint density at radius 3 is 1.70 bits per heavy atom. The Labute approximate surface area is 319 Å². The van der Waals surface area contributed by atoms with Gasteiger partial charge in [-0.2, -0.15) is 5.26 Å². The van der Waals surface area contributed by atoms with E-state index in [-0.39, 0.29) is 5.41 Å². The largest absolute Gasteiger partial charge is 0.208 e. The predicted molar refractivity (Wildman–Crippen MR) is 218 cm³/mol. The summed E-state index contributed by atoms with van der Waals surface area (Å²) >= 11 is 0. The third-order valence-electron chi connectivity index (χ3n) is 13.5. The molecule has 10 rings (SSSR count). The van der Waals surface area contributed by atoms with Crippen molar-refractivity contribution < 1.29 is 0 Å². The molecule has 0 amide bonds. The van der Waals surface area contributed by atoms with E-state index in [1.165, 1.54) is 96.7 Å². The smallest absolute Gasteiger partial charge is 0.164 e. The van der Waals surface area contributed by atoms with Crippen LogP contribution >= 0.6 is 0 Å². The van der Waals surface area contributed by atoms with E-state index in [1.807, 2.05) is 24.3 Å². The quantitative estimate of drug-likeness (QED) is 0.179. The standard InChI is InChI=1S/C50H46N4/c1-32-25-35-26-33(2)29-49(28-32,30-35)41-20-17-37(18-21-41)36-13-15-39(16-14-36)47-52-46(38-11-9-34(31-51)10-12-38)53-48(54-47)40-19-22-43-42-7-3-4-8-44(42)50(45(43)27-40)23-5-6-24-50/h3-4,7-22,27,32-33,35H,5-6,23-26,28-30H2,1-2H3/t32-,33+,35?,49?. The minimum absolute atomic E-state index is 0.0630. The molecule has 0 saturated heterocycles. The minimum Gasteiger partial charge on any atom is -0.208 e. The van der Waals surface area contributed by atoms with Gasteiger partial charge in [-0.25, -0.2) is 15.0 Å². The Morgan fingerprint density at radius 2 is 1.07 bits per heavy atom. The zero-order valence-electron chi connectivity index (χ0n) is 31.4. The number of rotatable bonds is 5. The molecular weight excluding hydrogens is 657 g/mol. The van der Waals surface area contributed by atoms with Gasteiger partial charge in [0, 0.05) is 22.1 Å². The summed E-state index contributed by atoms with van der Waals surface area (Å²) in [6, 6.07) is 43.7. The fraction of sp³-hybridized carbons (Fsp3) is 0.320. The molecule has 266 valence electrons. The normalized spacial score (nSPS) is 23.5. The van der Waals surface area contributed by atoms with Crippen molar-refractivity contribution in [2.75, 3.05) is 0 Å². The van der Waals surface area contributed by atoms with E-state index in [1.54, 1.807) is 0 Å². The molecule has 2 unspecified atom stereocenters. The molecule has 4 nitrogen and oxygen atoms in total. The average Bonchev–Trinajstić information content (AvgIpc) is 3.81. The van der Waals surface area contributed by atoms with Gasteiger partial charge in [-0.1, -0.05) is 112 Å². The highest BCUT2D eigenvalue weighted by Crippen LogP contribution is 2.57. The molecule has 0 radical (unpaired) electrons. The van der Waals surface area contributed by atoms with Crippen molar-refractivity contribution in [2.24, 2.45) is 17.8 Å². The van der Waals surface area contributed by atoms with Crippen molar-refractivity contribution in [3.8, 4) is 62.5 Å². The van der Waals surface area contributed by atoms with Gasteiger partial charge in [0.2, 0.25) is 0 Å². The number of hydrogen-bond donors (Lipinski definition) is 0. The van der Waals surface area contributed by atoms with Crippen LogP contribution in [0.2, 0.25) is 0 Å². The SMILES string of the molecule is C[C@@H]1CC2C[C@H](C)CC(c3ccc(-c4ccc(-c5nc(-c6ccc(C#N)cc6)nc(-c6ccc7c(c6)C6(CCCC6)c6ccccc6-7)n5)cc4)cc3)(C2)C1. The predicted octanol–water partition coefficient (Wildman–Crippen LogP) is 12.4. The number of benzene rings is 5. The summed E-state index contributed by atoms with van der Waals surface area (Å²) in [5.41, 5.74) is 13.4. The molecule has 0 aliphatic heterocycles. The molecule has 5 aromatic carbocycles. The van der Waals surface area contributed by atoms with Crippen LogP contribution in [-0.2, 0) is 10.8 Å². The van der Waals surface area contributed by atoms with E-state index in [2.05, 4.69) is 111 Å². The van der Waals surface area contributed by atoms with E-state index >= 15 is 0 Å². The number of aromatic nitrogens is 3. The van der Waals surface area contributed by atoms with Gasteiger partial charge in [-0.3, -0.25) is 0 Å². The molecule has 4 aliphatic carbocycles. The van der Waals surface area contributed by atoms with Crippen molar-refractivity contribution in [3.63, 3.8) is 0 Å². The van der Waals surface area contributed by atoms with Crippen molar-refractivity contribution in [2.45, 2.75) is 82.5 Å². The van der Waals surface area contributed by atoms with Crippen LogP contribution in [0.5, 0.6) is 0 Å². The molecule has 2 bridgehead atoms. The number of nitriles is 1. The molecular formula is C50H46N4. The highest BCUT2D eigenvalue weighted by atomic mass is 15.0. The maximum absolute atomic E-state index is 9.45. The topological polar surface area (TPSA) is 62.5 Å². The Kier molecular flexibility index (Phi) is 7.91. The van der Waals surface area contributed by atoms with Gasteiger partial charge in [-0.15, -0.1) is 0 Å². The Balaban J connectivity index is 1.01. The van der Waals surface area contributed by atoms with E-state index in [9.17, 15) is 5.26 Å². The summed E-state index contributed by atoms with van der Waals surface area (Å²) in [4.78, 5) is 15.3. The Morgan fingerprint density at radius 1 is 0.556 bits per heavy atom. The lowest BCUT2D eigenvalue weighted by atomic mass is 9.54. The first-order valence-electron chi connectivity index (χ1n) is 20.1. The van der Waals surface area contributed by atoms with Gasteiger partial charge in [-0.05, 0) is 137 Å². The third-order valence-corrected chi connectivity index (χ3v) is 13.5. The molecule has 6 aromatic rings. The fourth-order valence-corrected chi connectivity index (χ4v) is 11.5. The molecule has 3 saturated carbocycles. The average molecular weight is 703 g/mol. The van der Waals surface area contributed by atoms with Crippen molar-refractivity contribution in [1.82, 2.24) is 15.0 Å². The van der Waals surface area contributed by atoms with Crippen LogP contribution in [-0.4, -0.2) is 15.0 Å². The van der Waals surface area contributed by atoms with Gasteiger partial charge in [0.05, 0.1) is 11.6 Å². The third kappa shape index (κ3) is 5.51. The maximum atomic E-state index is 9.45. The Hall–Kier alpha value is -5.40. The molecule has 4 heteroatoms. The highest BCUT2D eigenvalue weighted by Gasteiger charge is 2.46. The number of nitrogens with zero attached hydrogens (tertiary/aromatic N) is 4. The summed E-state index contributed by atoms with van der Waals surface area (Å²) in [6.45, 7) is 4.93. The lowest BCUT2D eigenvalue weighted by molar-refractivity contribution is 0.0780. The first-order valence-corrected chi connectivity index (χ1v) is 20.1. The van der Waals surface area contributed by atoms with Crippen LogP contribution in [0, 0.1) is 29.1 Å². The van der Waals surface area contributed by atoms with Crippen LogP contribution in [0.3, 0.4) is 0 Å². The molecule has 1 heterocycles. The van der Waals surface area contributed by atoms with Crippen LogP contribution in [0.15, 0.2) is 115 Å². The van der Waals surface area contributed by atoms with Crippen LogP contribution in [0.4, 0.5) is 0 Å². The van der Waals surface area contributed by atoms with E-state index in [0.717, 1.165) is 34.4 Å². The minimum atomic E-state index is 0.0630. The summed E-state index contributed by atoms with van der Waals surface area (Å²) in [5, 5.41) is 9.45. The lowest BCUT2D eigenvalue weighted by Gasteiger charge is -2.50. The van der Waals surface area contributed by atoms with Crippen molar-refractivity contribution in [1.29, 1.82) is 5.26 Å². The van der Waals surface area contributed by atoms with Crippen LogP contribution < -0.4 is 0 Å². The van der Waals surface area contributed by atoms with Gasteiger partial charge in [0.1, 0.15) is 0 Å². The van der Waals surface area contributed by atoms with Crippen molar-refractivity contribution in [3.05, 3.63) is 138 Å². The van der Waals surface area contributed by atoms with Crippen molar-refractivity contribution >= 4 is 0 Å². The summed E-state index contributed by atoms with van der Waals surface area (Å²) in [6.07, 6.45) is 11.6. The maximum Gasteiger partial charge on any atom is 0.164 e. The zero-order chi connectivity index (χ0) is 36.4. The van der Waals surface area contributed by atoms with Crippen LogP contribution in [0.1, 0.15) is 93.9 Å². The van der Waals surface area contributed by atoms with E-state index in [0.29, 0.717) is 28.5 Å². The first-order chi connectivity index (χ1) is 26.4. The van der Waals surface area contributed by atoms with Crippen LogP contribution in [0.25, 0.3) is 56.4 Å². The molecule has 54 heavy (non-hydrogen) atoms. The van der Waals surface area contributed by atoms with Gasteiger partial charge >= 0.3 is 0 Å². The zero-order valence-corrected chi connectivity index (χ0v) is 31.4. The first kappa shape index (κ1) is 33.2. The van der Waals surface area contributed by atoms with Gasteiger partial charge < -0.3 is 0 Å². The molecule has 4 aliphatic rings. The second-order valence-electron chi connectivity index (χ2n) is 17.2. The van der Waals surface area contributed by atoms with E-state index in [4.69, 9.17) is 15.0 Å². The highest BCUT2D eigenvalue weighted by molar-refractivity contribution is 5.84. The second-order valence-corrected chi connectivity index (χ2v) is 17.2. The molecule has 0 N–H and O–H groups in total. The fourth-order valence-electron chi connectivity index (χ4n) is 11.5. The number of fused-ring (bicyclic) bond motifs is 7. The molecule has 3 fully saturated rings. The number of hydrogen-bond acceptors (Lipinski definition) is 4. The van der Waals surface area contributed by atoms with Gasteiger partial charge in [0.25, 0.3) is 0 Å². The van der Waals surface area contributed by atoms with Gasteiger partial charge in [0.15, 0.2) is 17.5 Å². The summed E-state index contributed by atoms with van der Waals surface area (Å²) in [5.74, 6) is 4.41. The molecule has 1 spiro atoms. The Bertz CT molecular complexity index is 2390. The summed E-state index contributed by atoms with van der Waals surface area (Å²) in [7, 11) is 0. The molecule has 1 aromatic heterocycles. The van der Waals surface area contributed by atoms with E-state index < -0.39 is 0 Å². The second kappa shape index (κ2) is 12.9. The molecule has 4 atom stereocenters. The lowest BCUT2D eigenvalue weighted by Crippen LogP contribution is -2.42. The summed E-state index contributed by atoms with van der Waals surface area (Å²) < 4.78 is 0. The monoisotopic (exact) mass is 702 g/mol.